The van der Waals surface area contributed by atoms with Gasteiger partial charge in [-0.25, -0.2) is 0 Å². The van der Waals surface area contributed by atoms with E-state index >= 15 is 0 Å². The van der Waals surface area contributed by atoms with Crippen molar-refractivity contribution in [2.45, 2.75) is 6.42 Å². The van der Waals surface area contributed by atoms with E-state index in [1.54, 1.807) is 0 Å². The third kappa shape index (κ3) is 9.24. The van der Waals surface area contributed by atoms with Gasteiger partial charge in [-0.15, -0.1) is 5.10 Å². The number of carboxylic acid groups (broad SMARTS) is 2. The molecule has 0 aliphatic rings. The molecule has 8 heteroatoms. The second-order valence-corrected chi connectivity index (χ2v) is 5.46. The average Bonchev–Trinajstić information content (AvgIpc) is 3.07. The maximum Gasteiger partial charge on any atom is 0.233 e. The minimum absolute atomic E-state index is 0.384. The van der Waals surface area contributed by atoms with Gasteiger partial charge < -0.3 is 29.4 Å². The van der Waals surface area contributed by atoms with Gasteiger partial charge in [0.2, 0.25) is 5.88 Å². The van der Waals surface area contributed by atoms with E-state index in [1.165, 1.54) is 0 Å². The van der Waals surface area contributed by atoms with Gasteiger partial charge in [-0.2, -0.15) is 0 Å². The van der Waals surface area contributed by atoms with Gasteiger partial charge in [0.15, 0.2) is 0 Å². The number of carbonyl (C=O) groups excluding carboxylic acids is 2. The molecular formula is C18H21N3O5-2. The number of aliphatic carboxylic acids is 2. The summed E-state index contributed by atoms with van der Waals surface area (Å²) in [4.78, 5) is 21.0. The number of aromatic nitrogens is 2. The molecule has 140 valence electrons. The maximum atomic E-state index is 9.41. The molecule has 2 rings (SSSR count). The second-order valence-electron chi connectivity index (χ2n) is 5.46. The molecule has 0 fully saturated rings. The predicted octanol–water partition coefficient (Wildman–Crippen LogP) is -0.550. The largest absolute Gasteiger partial charge is 0.545 e. The highest BCUT2D eigenvalue weighted by Gasteiger charge is 2.03. The van der Waals surface area contributed by atoms with Crippen LogP contribution in [-0.2, 0) is 9.59 Å². The van der Waals surface area contributed by atoms with Crippen LogP contribution in [-0.4, -0.2) is 54.3 Å². The summed E-state index contributed by atoms with van der Waals surface area (Å²) in [6.45, 7) is 1.72. The van der Waals surface area contributed by atoms with Crippen LogP contribution in [0.1, 0.15) is 6.42 Å². The van der Waals surface area contributed by atoms with Gasteiger partial charge in [0, 0.05) is 12.6 Å². The molecule has 0 saturated heterocycles. The van der Waals surface area contributed by atoms with Crippen molar-refractivity contribution in [2.75, 3.05) is 27.2 Å². The lowest BCUT2D eigenvalue weighted by Gasteiger charge is -2.08. The highest BCUT2D eigenvalue weighted by molar-refractivity contribution is 5.87. The number of hydrogen-bond donors (Lipinski definition) is 1. The fraction of sp³-hybridized carbons (Fsp3) is 0.278. The van der Waals surface area contributed by atoms with E-state index in [2.05, 4.69) is 29.2 Å². The number of nitrogens with zero attached hydrogens (tertiary/aromatic N) is 2. The first-order valence-corrected chi connectivity index (χ1v) is 7.87. The third-order valence-electron chi connectivity index (χ3n) is 2.99. The molecule has 8 nitrogen and oxygen atoms in total. The van der Waals surface area contributed by atoms with Crippen LogP contribution < -0.4 is 14.9 Å². The summed E-state index contributed by atoms with van der Waals surface area (Å²) in [7, 11) is 4.12. The van der Waals surface area contributed by atoms with Crippen molar-refractivity contribution < 1.29 is 24.5 Å². The lowest BCUT2D eigenvalue weighted by molar-refractivity contribution is -0.301. The van der Waals surface area contributed by atoms with Crippen LogP contribution in [0, 0.1) is 0 Å². The van der Waals surface area contributed by atoms with Crippen LogP contribution >= 0.6 is 0 Å². The lowest BCUT2D eigenvalue weighted by atomic mass is 10.2. The number of carbonyl (C=O) groups is 2. The van der Waals surface area contributed by atoms with E-state index < -0.39 is 11.9 Å². The van der Waals surface area contributed by atoms with Crippen molar-refractivity contribution in [1.29, 1.82) is 0 Å². The SMILES string of the molecule is CN(C)CCCOc1cc(-c2ccccc2)[nH]n1.O=C([O-])/C=C\C(=O)[O-]. The standard InChI is InChI=1S/C14H19N3O.C4H4O4/c1-17(2)9-6-10-18-14-11-13(15-16-14)12-7-4-3-5-8-12;5-3(6)1-2-4(7)8/h3-5,7-8,11H,6,9-10H2,1-2H3,(H,15,16);1-2H,(H,5,6)(H,7,8)/p-2/b;2-1-. The summed E-state index contributed by atoms with van der Waals surface area (Å²) in [5.74, 6) is -2.43. The molecule has 1 aromatic heterocycles. The van der Waals surface area contributed by atoms with Crippen LogP contribution in [0.4, 0.5) is 0 Å². The topological polar surface area (TPSA) is 121 Å². The molecule has 1 heterocycles. The molecule has 0 amide bonds. The fourth-order valence-electron chi connectivity index (χ4n) is 1.84. The number of H-pyrrole nitrogens is 1. The molecule has 0 radical (unpaired) electrons. The van der Waals surface area contributed by atoms with E-state index in [-0.39, 0.29) is 0 Å². The quantitative estimate of drug-likeness (QED) is 0.496. The van der Waals surface area contributed by atoms with E-state index in [4.69, 9.17) is 4.74 Å². The number of ether oxygens (including phenoxy) is 1. The van der Waals surface area contributed by atoms with Crippen molar-refractivity contribution >= 4 is 11.9 Å². The molecule has 26 heavy (non-hydrogen) atoms. The van der Waals surface area contributed by atoms with Gasteiger partial charge in [-0.05, 0) is 38.2 Å². The summed E-state index contributed by atoms with van der Waals surface area (Å²) in [5, 5.41) is 26.0. The molecule has 0 unspecified atom stereocenters. The highest BCUT2D eigenvalue weighted by atomic mass is 16.5. The molecule has 0 saturated carbocycles. The van der Waals surface area contributed by atoms with Crippen LogP contribution in [0.3, 0.4) is 0 Å². The Morgan fingerprint density at radius 2 is 1.77 bits per heavy atom. The fourth-order valence-corrected chi connectivity index (χ4v) is 1.84. The van der Waals surface area contributed by atoms with Crippen LogP contribution in [0.15, 0.2) is 48.6 Å². The molecule has 1 N–H and O–H groups in total. The predicted molar refractivity (Wildman–Crippen MR) is 91.8 cm³/mol. The normalized spacial score (nSPS) is 10.4. The Balaban J connectivity index is 0.000000359. The van der Waals surface area contributed by atoms with Gasteiger partial charge in [0.25, 0.3) is 0 Å². The Morgan fingerprint density at radius 1 is 1.15 bits per heavy atom. The minimum Gasteiger partial charge on any atom is -0.545 e. The highest BCUT2D eigenvalue weighted by Crippen LogP contribution is 2.20. The van der Waals surface area contributed by atoms with Crippen molar-refractivity contribution in [1.82, 2.24) is 15.1 Å². The average molecular weight is 359 g/mol. The van der Waals surface area contributed by atoms with E-state index in [0.29, 0.717) is 24.6 Å². The Labute approximate surface area is 151 Å². The monoisotopic (exact) mass is 359 g/mol. The second kappa shape index (κ2) is 11.4. The molecule has 0 spiro atoms. The Morgan fingerprint density at radius 3 is 2.31 bits per heavy atom. The zero-order chi connectivity index (χ0) is 19.4. The molecule has 0 aliphatic carbocycles. The first-order valence-electron chi connectivity index (χ1n) is 7.87. The van der Waals surface area contributed by atoms with E-state index in [1.807, 2.05) is 36.4 Å². The molecule has 2 aromatic rings. The van der Waals surface area contributed by atoms with Crippen molar-refractivity contribution in [3.05, 3.63) is 48.6 Å². The summed E-state index contributed by atoms with van der Waals surface area (Å²) < 4.78 is 5.59. The van der Waals surface area contributed by atoms with Crippen molar-refractivity contribution in [2.24, 2.45) is 0 Å². The van der Waals surface area contributed by atoms with Crippen LogP contribution in [0.5, 0.6) is 5.88 Å². The summed E-state index contributed by atoms with van der Waals surface area (Å²) >= 11 is 0. The van der Waals surface area contributed by atoms with Gasteiger partial charge >= 0.3 is 0 Å². The van der Waals surface area contributed by atoms with Crippen molar-refractivity contribution in [3.8, 4) is 17.1 Å². The van der Waals surface area contributed by atoms with Crippen LogP contribution in [0.25, 0.3) is 11.3 Å². The molecule has 1 aromatic carbocycles. The Hall–Kier alpha value is -3.13. The molecule has 0 atom stereocenters. The van der Waals surface area contributed by atoms with E-state index in [0.717, 1.165) is 24.2 Å². The lowest BCUT2D eigenvalue weighted by Crippen LogP contribution is -2.23. The number of carboxylic acids is 2. The van der Waals surface area contributed by atoms with Crippen molar-refractivity contribution in [3.63, 3.8) is 0 Å². The first-order chi connectivity index (χ1) is 12.4. The summed E-state index contributed by atoms with van der Waals surface area (Å²) in [5.41, 5.74) is 2.10. The molecular weight excluding hydrogens is 338 g/mol. The van der Waals surface area contributed by atoms with E-state index in [9.17, 15) is 19.8 Å². The van der Waals surface area contributed by atoms with Gasteiger partial charge in [-0.1, -0.05) is 30.3 Å². The summed E-state index contributed by atoms with van der Waals surface area (Å²) in [6, 6.07) is 12.0. The zero-order valence-electron chi connectivity index (χ0n) is 14.7. The van der Waals surface area contributed by atoms with Gasteiger partial charge in [0.1, 0.15) is 0 Å². The first kappa shape index (κ1) is 20.9. The van der Waals surface area contributed by atoms with Gasteiger partial charge in [0.05, 0.1) is 24.2 Å². The smallest absolute Gasteiger partial charge is 0.233 e. The Kier molecular flexibility index (Phi) is 9.19. The minimum atomic E-state index is -1.55. The molecule has 0 aliphatic heterocycles. The summed E-state index contributed by atoms with van der Waals surface area (Å²) in [6.07, 6.45) is 1.77. The number of rotatable bonds is 8. The number of hydrogen-bond acceptors (Lipinski definition) is 7. The third-order valence-corrected chi connectivity index (χ3v) is 2.99. The maximum absolute atomic E-state index is 9.41. The van der Waals surface area contributed by atoms with Crippen LogP contribution in [0.2, 0.25) is 0 Å². The number of benzene rings is 1. The number of aromatic amines is 1. The zero-order valence-corrected chi connectivity index (χ0v) is 14.7. The molecule has 0 bridgehead atoms. The number of nitrogens with one attached hydrogen (secondary N) is 1. The Bertz CT molecular complexity index is 695. The van der Waals surface area contributed by atoms with Gasteiger partial charge in [-0.3, -0.25) is 5.10 Å².